The SMILES string of the molecule is CC1CCCN(C(C)c2cc3ccccc3o2)C1CN. The van der Waals surface area contributed by atoms with Crippen LogP contribution in [0.1, 0.15) is 38.5 Å². The highest BCUT2D eigenvalue weighted by Gasteiger charge is 2.32. The molecular weight excluding hydrogens is 248 g/mol. The first-order chi connectivity index (χ1) is 9.70. The standard InChI is InChI=1S/C17H24N2O/c1-12-6-5-9-19(15(12)11-18)13(2)17-10-14-7-3-4-8-16(14)20-17/h3-4,7-8,10,12-13,15H,5-6,9,11,18H2,1-2H3. The highest BCUT2D eigenvalue weighted by molar-refractivity contribution is 5.77. The van der Waals surface area contributed by atoms with Crippen LogP contribution >= 0.6 is 0 Å². The molecule has 1 aliphatic heterocycles. The average molecular weight is 272 g/mol. The van der Waals surface area contributed by atoms with E-state index in [4.69, 9.17) is 10.2 Å². The van der Waals surface area contributed by atoms with E-state index in [0.717, 1.165) is 24.4 Å². The van der Waals surface area contributed by atoms with Gasteiger partial charge in [0, 0.05) is 18.0 Å². The molecule has 3 rings (SSSR count). The zero-order valence-corrected chi connectivity index (χ0v) is 12.4. The molecule has 3 atom stereocenters. The smallest absolute Gasteiger partial charge is 0.134 e. The van der Waals surface area contributed by atoms with E-state index in [1.165, 1.54) is 18.2 Å². The number of nitrogens with two attached hydrogens (primary N) is 1. The van der Waals surface area contributed by atoms with Gasteiger partial charge in [0.1, 0.15) is 11.3 Å². The third-order valence-corrected chi connectivity index (χ3v) is 4.75. The third kappa shape index (κ3) is 2.36. The number of piperidine rings is 1. The van der Waals surface area contributed by atoms with Gasteiger partial charge in [0.15, 0.2) is 0 Å². The predicted molar refractivity (Wildman–Crippen MR) is 82.6 cm³/mol. The van der Waals surface area contributed by atoms with Gasteiger partial charge in [-0.2, -0.15) is 0 Å². The largest absolute Gasteiger partial charge is 0.459 e. The van der Waals surface area contributed by atoms with Crippen LogP contribution in [0.15, 0.2) is 34.7 Å². The van der Waals surface area contributed by atoms with E-state index in [1.807, 2.05) is 12.1 Å². The molecule has 108 valence electrons. The molecule has 3 heteroatoms. The molecule has 1 saturated heterocycles. The molecule has 1 aromatic carbocycles. The Morgan fingerprint density at radius 1 is 1.40 bits per heavy atom. The van der Waals surface area contributed by atoms with Crippen LogP contribution in [0.2, 0.25) is 0 Å². The van der Waals surface area contributed by atoms with Crippen LogP contribution < -0.4 is 5.73 Å². The van der Waals surface area contributed by atoms with Gasteiger partial charge in [-0.05, 0) is 44.4 Å². The molecule has 0 aliphatic carbocycles. The number of para-hydroxylation sites is 1. The van der Waals surface area contributed by atoms with Crippen molar-refractivity contribution in [2.24, 2.45) is 11.7 Å². The second-order valence-corrected chi connectivity index (χ2v) is 6.02. The minimum Gasteiger partial charge on any atom is -0.459 e. The fourth-order valence-corrected chi connectivity index (χ4v) is 3.50. The van der Waals surface area contributed by atoms with Crippen molar-refractivity contribution in [3.63, 3.8) is 0 Å². The van der Waals surface area contributed by atoms with Crippen LogP contribution in [0.3, 0.4) is 0 Å². The second kappa shape index (κ2) is 5.58. The highest BCUT2D eigenvalue weighted by Crippen LogP contribution is 2.33. The lowest BCUT2D eigenvalue weighted by molar-refractivity contribution is 0.0606. The van der Waals surface area contributed by atoms with E-state index in [9.17, 15) is 0 Å². The summed E-state index contributed by atoms with van der Waals surface area (Å²) < 4.78 is 6.03. The lowest BCUT2D eigenvalue weighted by Gasteiger charge is -2.42. The Labute approximate surface area is 120 Å². The van der Waals surface area contributed by atoms with Crippen molar-refractivity contribution in [2.45, 2.75) is 38.8 Å². The molecule has 1 aliphatic rings. The number of hydrogen-bond donors (Lipinski definition) is 1. The van der Waals surface area contributed by atoms with Gasteiger partial charge >= 0.3 is 0 Å². The molecule has 3 unspecified atom stereocenters. The molecule has 0 amide bonds. The van der Waals surface area contributed by atoms with Crippen LogP contribution in [0.25, 0.3) is 11.0 Å². The Kier molecular flexibility index (Phi) is 3.81. The van der Waals surface area contributed by atoms with Gasteiger partial charge in [-0.3, -0.25) is 4.90 Å². The molecule has 0 spiro atoms. The van der Waals surface area contributed by atoms with E-state index in [2.05, 4.69) is 36.9 Å². The predicted octanol–water partition coefficient (Wildman–Crippen LogP) is 3.55. The van der Waals surface area contributed by atoms with E-state index in [1.54, 1.807) is 0 Å². The van der Waals surface area contributed by atoms with Crippen LogP contribution in [0.5, 0.6) is 0 Å². The monoisotopic (exact) mass is 272 g/mol. The van der Waals surface area contributed by atoms with Gasteiger partial charge in [-0.1, -0.05) is 25.1 Å². The summed E-state index contributed by atoms with van der Waals surface area (Å²) in [7, 11) is 0. The number of rotatable bonds is 3. The molecule has 1 fully saturated rings. The Morgan fingerprint density at radius 3 is 2.95 bits per heavy atom. The molecule has 0 radical (unpaired) electrons. The maximum atomic E-state index is 6.03. The van der Waals surface area contributed by atoms with Gasteiger partial charge in [-0.15, -0.1) is 0 Å². The first-order valence-corrected chi connectivity index (χ1v) is 7.65. The summed E-state index contributed by atoms with van der Waals surface area (Å²) >= 11 is 0. The topological polar surface area (TPSA) is 42.4 Å². The molecule has 0 bridgehead atoms. The number of likely N-dealkylation sites (tertiary alicyclic amines) is 1. The highest BCUT2D eigenvalue weighted by atomic mass is 16.3. The van der Waals surface area contributed by atoms with Crippen LogP contribution in [0.4, 0.5) is 0 Å². The molecule has 2 N–H and O–H groups in total. The fraction of sp³-hybridized carbons (Fsp3) is 0.529. The quantitative estimate of drug-likeness (QED) is 0.929. The van der Waals surface area contributed by atoms with Crippen LogP contribution in [-0.4, -0.2) is 24.0 Å². The van der Waals surface area contributed by atoms with Gasteiger partial charge in [0.05, 0.1) is 6.04 Å². The van der Waals surface area contributed by atoms with Gasteiger partial charge in [0.25, 0.3) is 0 Å². The summed E-state index contributed by atoms with van der Waals surface area (Å²) in [6, 6.07) is 11.1. The maximum absolute atomic E-state index is 6.03. The van der Waals surface area contributed by atoms with Crippen molar-refractivity contribution in [3.8, 4) is 0 Å². The molecule has 2 heterocycles. The fourth-order valence-electron chi connectivity index (χ4n) is 3.50. The zero-order chi connectivity index (χ0) is 14.1. The van der Waals surface area contributed by atoms with Gasteiger partial charge < -0.3 is 10.2 Å². The van der Waals surface area contributed by atoms with E-state index < -0.39 is 0 Å². The third-order valence-electron chi connectivity index (χ3n) is 4.75. The van der Waals surface area contributed by atoms with Gasteiger partial charge in [-0.25, -0.2) is 0 Å². The maximum Gasteiger partial charge on any atom is 0.134 e. The van der Waals surface area contributed by atoms with Crippen molar-refractivity contribution in [1.82, 2.24) is 4.90 Å². The summed E-state index contributed by atoms with van der Waals surface area (Å²) in [5, 5.41) is 1.18. The number of nitrogens with zero attached hydrogens (tertiary/aromatic N) is 1. The molecule has 2 aromatic rings. The molecule has 20 heavy (non-hydrogen) atoms. The van der Waals surface area contributed by atoms with Crippen LogP contribution in [0, 0.1) is 5.92 Å². The summed E-state index contributed by atoms with van der Waals surface area (Å²) in [5.74, 6) is 1.72. The Morgan fingerprint density at radius 2 is 2.20 bits per heavy atom. The van der Waals surface area contributed by atoms with Crippen molar-refractivity contribution in [3.05, 3.63) is 36.1 Å². The lowest BCUT2D eigenvalue weighted by Crippen LogP contribution is -2.49. The minimum absolute atomic E-state index is 0.290. The summed E-state index contributed by atoms with van der Waals surface area (Å²) in [5.41, 5.74) is 6.98. The average Bonchev–Trinajstić information content (AvgIpc) is 2.90. The number of furan rings is 1. The first-order valence-electron chi connectivity index (χ1n) is 7.65. The van der Waals surface area contributed by atoms with Gasteiger partial charge in [0.2, 0.25) is 0 Å². The van der Waals surface area contributed by atoms with Crippen LogP contribution in [-0.2, 0) is 0 Å². The van der Waals surface area contributed by atoms with E-state index in [0.29, 0.717) is 18.0 Å². The number of hydrogen-bond acceptors (Lipinski definition) is 3. The summed E-state index contributed by atoms with van der Waals surface area (Å²) in [6.07, 6.45) is 2.54. The molecular formula is C17H24N2O. The second-order valence-electron chi connectivity index (χ2n) is 6.02. The lowest BCUT2D eigenvalue weighted by atomic mass is 9.89. The number of benzene rings is 1. The molecule has 0 saturated carbocycles. The Balaban J connectivity index is 1.88. The van der Waals surface area contributed by atoms with Crippen molar-refractivity contribution >= 4 is 11.0 Å². The normalized spacial score (nSPS) is 25.9. The molecule has 3 nitrogen and oxygen atoms in total. The molecule has 1 aromatic heterocycles. The summed E-state index contributed by atoms with van der Waals surface area (Å²) in [6.45, 7) is 6.39. The van der Waals surface area contributed by atoms with Crippen molar-refractivity contribution < 1.29 is 4.42 Å². The van der Waals surface area contributed by atoms with Crippen molar-refractivity contribution in [1.29, 1.82) is 0 Å². The van der Waals surface area contributed by atoms with E-state index in [-0.39, 0.29) is 0 Å². The van der Waals surface area contributed by atoms with Crippen molar-refractivity contribution in [2.75, 3.05) is 13.1 Å². The zero-order valence-electron chi connectivity index (χ0n) is 12.4. The first kappa shape index (κ1) is 13.7. The summed E-state index contributed by atoms with van der Waals surface area (Å²) in [4.78, 5) is 2.52. The number of fused-ring (bicyclic) bond motifs is 1. The Bertz CT molecular complexity index is 544. The minimum atomic E-state index is 0.290. The van der Waals surface area contributed by atoms with E-state index >= 15 is 0 Å². The Hall–Kier alpha value is -1.32.